The van der Waals surface area contributed by atoms with Crippen LogP contribution in [0.4, 0.5) is 10.2 Å². The fourth-order valence-corrected chi connectivity index (χ4v) is 3.98. The van der Waals surface area contributed by atoms with Crippen molar-refractivity contribution >= 4 is 24.6 Å². The lowest BCUT2D eigenvalue weighted by Crippen LogP contribution is -2.25. The minimum absolute atomic E-state index is 0.0182. The van der Waals surface area contributed by atoms with E-state index in [9.17, 15) is 8.96 Å². The van der Waals surface area contributed by atoms with Gasteiger partial charge < -0.3 is 19.5 Å². The highest BCUT2D eigenvalue weighted by Gasteiger charge is 2.30. The van der Waals surface area contributed by atoms with Crippen LogP contribution in [0, 0.1) is 0 Å². The van der Waals surface area contributed by atoms with Gasteiger partial charge in [-0.25, -0.2) is 14.4 Å². The van der Waals surface area contributed by atoms with E-state index in [1.807, 2.05) is 0 Å². The monoisotopic (exact) mass is 390 g/mol. The van der Waals surface area contributed by atoms with Gasteiger partial charge in [-0.1, -0.05) is 0 Å². The van der Waals surface area contributed by atoms with Crippen molar-refractivity contribution in [3.63, 3.8) is 0 Å². The average Bonchev–Trinajstić information content (AvgIpc) is 2.94. The molecule has 0 saturated carbocycles. The van der Waals surface area contributed by atoms with Crippen LogP contribution in [0.1, 0.15) is 27.7 Å². The predicted octanol–water partition coefficient (Wildman–Crippen LogP) is 2.16. The summed E-state index contributed by atoms with van der Waals surface area (Å²) < 4.78 is 42.3. The van der Waals surface area contributed by atoms with E-state index in [2.05, 4.69) is 20.2 Å². The molecule has 2 aromatic heterocycles. The number of fused-ring (bicyclic) bond motifs is 1. The summed E-state index contributed by atoms with van der Waals surface area (Å²) >= 11 is 0. The molecule has 0 fully saturated rings. The number of anilines is 1. The standard InChI is InChI=1S/C14H24FN6O4P/c1-9(2)24-26(22,25-10(3)4)8-23-11(5-15)6-21-19-12-13(16)17-7-18-14(12)20-21/h7,9-11H,5-6,8H2,1-4H3,(H2,16,17,18,20)/t11-/m1/s1. The molecule has 146 valence electrons. The summed E-state index contributed by atoms with van der Waals surface area (Å²) in [5.41, 5.74) is 6.32. The number of hydrogen-bond acceptors (Lipinski definition) is 9. The maximum atomic E-state index is 13.4. The smallest absolute Gasteiger partial charge is 0.356 e. The van der Waals surface area contributed by atoms with Crippen molar-refractivity contribution in [2.24, 2.45) is 0 Å². The molecule has 2 aromatic rings. The van der Waals surface area contributed by atoms with Crippen LogP contribution in [0.15, 0.2) is 6.33 Å². The summed E-state index contributed by atoms with van der Waals surface area (Å²) in [6.07, 6.45) is -0.701. The van der Waals surface area contributed by atoms with Gasteiger partial charge in [0, 0.05) is 0 Å². The summed E-state index contributed by atoms with van der Waals surface area (Å²) in [6.45, 7) is 6.07. The fourth-order valence-electron chi connectivity index (χ4n) is 2.13. The summed E-state index contributed by atoms with van der Waals surface area (Å²) in [5, 5.41) is 8.22. The first kappa shape index (κ1) is 20.6. The van der Waals surface area contributed by atoms with Gasteiger partial charge >= 0.3 is 7.60 Å². The van der Waals surface area contributed by atoms with Crippen LogP contribution >= 0.6 is 7.60 Å². The largest absolute Gasteiger partial charge is 0.382 e. The first-order valence-corrected chi connectivity index (χ1v) is 9.90. The van der Waals surface area contributed by atoms with Crippen LogP contribution in [-0.4, -0.2) is 56.3 Å². The maximum absolute atomic E-state index is 13.4. The Hall–Kier alpha value is -1.68. The zero-order chi connectivity index (χ0) is 19.3. The van der Waals surface area contributed by atoms with Gasteiger partial charge in [-0.3, -0.25) is 4.57 Å². The molecular weight excluding hydrogens is 366 g/mol. The lowest BCUT2D eigenvalue weighted by atomic mass is 10.4. The number of nitrogen functional groups attached to an aromatic ring is 1. The van der Waals surface area contributed by atoms with Crippen molar-refractivity contribution in [2.75, 3.05) is 18.8 Å². The summed E-state index contributed by atoms with van der Waals surface area (Å²) in [5.74, 6) is 0.180. The maximum Gasteiger partial charge on any atom is 0.356 e. The molecule has 0 saturated heterocycles. The average molecular weight is 390 g/mol. The lowest BCUT2D eigenvalue weighted by molar-refractivity contribution is 0.0264. The van der Waals surface area contributed by atoms with Gasteiger partial charge in [0.15, 0.2) is 11.3 Å². The van der Waals surface area contributed by atoms with E-state index in [0.29, 0.717) is 11.2 Å². The van der Waals surface area contributed by atoms with Gasteiger partial charge in [-0.15, -0.1) is 10.2 Å². The molecule has 0 aromatic carbocycles. The number of nitrogens with zero attached hydrogens (tertiary/aromatic N) is 5. The van der Waals surface area contributed by atoms with Crippen LogP contribution in [0.5, 0.6) is 0 Å². The van der Waals surface area contributed by atoms with Gasteiger partial charge in [0.1, 0.15) is 25.5 Å². The predicted molar refractivity (Wildman–Crippen MR) is 93.3 cm³/mol. The molecule has 2 rings (SSSR count). The highest BCUT2D eigenvalue weighted by Crippen LogP contribution is 2.50. The highest BCUT2D eigenvalue weighted by molar-refractivity contribution is 7.53. The van der Waals surface area contributed by atoms with Crippen LogP contribution in [-0.2, 0) is 24.9 Å². The molecule has 12 heteroatoms. The molecule has 0 unspecified atom stereocenters. The summed E-state index contributed by atoms with van der Waals surface area (Å²) in [6, 6.07) is 0. The number of rotatable bonds is 10. The van der Waals surface area contributed by atoms with Crippen LogP contribution in [0.2, 0.25) is 0 Å². The molecular formula is C14H24FN6O4P. The van der Waals surface area contributed by atoms with Gasteiger partial charge in [-0.2, -0.15) is 4.80 Å². The highest BCUT2D eigenvalue weighted by atomic mass is 31.2. The third-order valence-electron chi connectivity index (χ3n) is 3.01. The number of aromatic nitrogens is 5. The Morgan fingerprint density at radius 1 is 1.19 bits per heavy atom. The molecule has 1 atom stereocenters. The zero-order valence-electron chi connectivity index (χ0n) is 15.2. The Morgan fingerprint density at radius 3 is 2.38 bits per heavy atom. The Kier molecular flexibility index (Phi) is 6.99. The Labute approximate surface area is 150 Å². The summed E-state index contributed by atoms with van der Waals surface area (Å²) in [4.78, 5) is 8.98. The summed E-state index contributed by atoms with van der Waals surface area (Å²) in [7, 11) is -3.52. The van der Waals surface area contributed by atoms with Crippen molar-refractivity contribution in [2.45, 2.75) is 52.6 Å². The number of halogens is 1. The zero-order valence-corrected chi connectivity index (χ0v) is 16.1. The Morgan fingerprint density at radius 2 is 1.85 bits per heavy atom. The Bertz CT molecular complexity index is 757. The van der Waals surface area contributed by atoms with E-state index >= 15 is 0 Å². The van der Waals surface area contributed by atoms with Gasteiger partial charge in [-0.05, 0) is 27.7 Å². The molecule has 26 heavy (non-hydrogen) atoms. The van der Waals surface area contributed by atoms with Crippen LogP contribution < -0.4 is 5.73 Å². The number of ether oxygens (including phenoxy) is 1. The first-order valence-electron chi connectivity index (χ1n) is 8.17. The van der Waals surface area contributed by atoms with Gasteiger partial charge in [0.05, 0.1) is 18.8 Å². The van der Waals surface area contributed by atoms with E-state index in [1.54, 1.807) is 27.7 Å². The molecule has 10 nitrogen and oxygen atoms in total. The molecule has 0 aliphatic carbocycles. The fraction of sp³-hybridized carbons (Fsp3) is 0.714. The van der Waals surface area contributed by atoms with Crippen molar-refractivity contribution in [3.05, 3.63) is 6.33 Å². The van der Waals surface area contributed by atoms with Crippen molar-refractivity contribution in [3.8, 4) is 0 Å². The van der Waals surface area contributed by atoms with E-state index in [4.69, 9.17) is 19.5 Å². The molecule has 0 aliphatic rings. The van der Waals surface area contributed by atoms with E-state index < -0.39 is 20.4 Å². The third kappa shape index (κ3) is 5.66. The van der Waals surface area contributed by atoms with E-state index in [0.717, 1.165) is 0 Å². The van der Waals surface area contributed by atoms with E-state index in [-0.39, 0.29) is 30.9 Å². The molecule has 0 amide bonds. The van der Waals surface area contributed by atoms with Crippen molar-refractivity contribution in [1.29, 1.82) is 0 Å². The van der Waals surface area contributed by atoms with E-state index in [1.165, 1.54) is 11.1 Å². The number of nitrogens with two attached hydrogens (primary N) is 1. The van der Waals surface area contributed by atoms with Crippen LogP contribution in [0.3, 0.4) is 0 Å². The number of hydrogen-bond donors (Lipinski definition) is 1. The van der Waals surface area contributed by atoms with Gasteiger partial charge in [0.2, 0.25) is 5.65 Å². The molecule has 2 heterocycles. The topological polar surface area (TPSA) is 127 Å². The Balaban J connectivity index is 2.05. The van der Waals surface area contributed by atoms with Crippen molar-refractivity contribution < 1.29 is 22.7 Å². The van der Waals surface area contributed by atoms with Crippen molar-refractivity contribution in [1.82, 2.24) is 25.0 Å². The molecule has 2 N–H and O–H groups in total. The minimum Gasteiger partial charge on any atom is -0.382 e. The minimum atomic E-state index is -3.52. The molecule has 0 aliphatic heterocycles. The van der Waals surface area contributed by atoms with Crippen LogP contribution in [0.25, 0.3) is 11.2 Å². The SMILES string of the molecule is CC(C)OP(=O)(CO[C@H](CF)Cn1nc2ncnc(N)c2n1)OC(C)C. The lowest BCUT2D eigenvalue weighted by Gasteiger charge is -2.24. The third-order valence-corrected chi connectivity index (χ3v) is 4.96. The quantitative estimate of drug-likeness (QED) is 0.607. The number of alkyl halides is 1. The molecule has 0 radical (unpaired) electrons. The second-order valence-electron chi connectivity index (χ2n) is 6.18. The molecule has 0 bridgehead atoms. The van der Waals surface area contributed by atoms with Gasteiger partial charge in [0.25, 0.3) is 0 Å². The first-order chi connectivity index (χ1) is 12.2. The second kappa shape index (κ2) is 8.81. The normalized spacial score (nSPS) is 13.8. The second-order valence-corrected chi connectivity index (χ2v) is 8.08. The molecule has 0 spiro atoms.